The molecular formula is C14H20Cl2N4. The molecule has 2 heterocycles. The Morgan fingerprint density at radius 2 is 2.05 bits per heavy atom. The van der Waals surface area contributed by atoms with E-state index in [2.05, 4.69) is 40.2 Å². The second kappa shape index (κ2) is 6.74. The molecule has 2 aromatic heterocycles. The van der Waals surface area contributed by atoms with Crippen molar-refractivity contribution in [3.63, 3.8) is 0 Å². The molecule has 6 heteroatoms. The smallest absolute Gasteiger partial charge is 0.160 e. The predicted molar refractivity (Wildman–Crippen MR) is 84.6 cm³/mol. The molecule has 1 unspecified atom stereocenters. The fraction of sp³-hybridized carbons (Fsp3) is 0.571. The molecule has 0 N–H and O–H groups in total. The van der Waals surface area contributed by atoms with Crippen molar-refractivity contribution in [1.82, 2.24) is 19.4 Å². The maximum absolute atomic E-state index is 6.03. The summed E-state index contributed by atoms with van der Waals surface area (Å²) in [7, 11) is 0. The van der Waals surface area contributed by atoms with Crippen molar-refractivity contribution in [2.24, 2.45) is 0 Å². The summed E-state index contributed by atoms with van der Waals surface area (Å²) in [6.45, 7) is 9.52. The number of halogens is 2. The lowest BCUT2D eigenvalue weighted by molar-refractivity contribution is 0.261. The van der Waals surface area contributed by atoms with Gasteiger partial charge in [0.1, 0.15) is 11.3 Å². The molecule has 0 aliphatic carbocycles. The Bertz CT molecular complexity index is 578. The highest BCUT2D eigenvalue weighted by atomic mass is 35.5. The zero-order valence-electron chi connectivity index (χ0n) is 12.1. The number of hydrogen-bond donors (Lipinski definition) is 0. The highest BCUT2D eigenvalue weighted by Gasteiger charge is 2.18. The van der Waals surface area contributed by atoms with Crippen LogP contribution in [0.4, 0.5) is 0 Å². The summed E-state index contributed by atoms with van der Waals surface area (Å²) in [6.07, 6.45) is 1.66. The molecule has 4 nitrogen and oxygen atoms in total. The maximum atomic E-state index is 6.03. The van der Waals surface area contributed by atoms with E-state index in [0.29, 0.717) is 10.9 Å². The molecule has 0 saturated heterocycles. The Morgan fingerprint density at radius 1 is 1.35 bits per heavy atom. The van der Waals surface area contributed by atoms with E-state index in [0.717, 1.165) is 36.6 Å². The molecule has 0 amide bonds. The van der Waals surface area contributed by atoms with Gasteiger partial charge in [0.2, 0.25) is 0 Å². The molecule has 110 valence electrons. The largest absolute Gasteiger partial charge is 0.308 e. The molecular weight excluding hydrogens is 295 g/mol. The van der Waals surface area contributed by atoms with E-state index in [-0.39, 0.29) is 6.04 Å². The summed E-state index contributed by atoms with van der Waals surface area (Å²) in [5, 5.41) is 0.597. The quantitative estimate of drug-likeness (QED) is 0.762. The van der Waals surface area contributed by atoms with Crippen LogP contribution in [-0.4, -0.2) is 39.1 Å². The van der Waals surface area contributed by atoms with Crippen LogP contribution < -0.4 is 0 Å². The first kappa shape index (κ1) is 15.5. The molecule has 0 saturated carbocycles. The summed E-state index contributed by atoms with van der Waals surface area (Å²) in [5.74, 6) is 1.22. The van der Waals surface area contributed by atoms with Crippen molar-refractivity contribution >= 4 is 34.4 Å². The monoisotopic (exact) mass is 314 g/mol. The minimum atomic E-state index is 0.266. The van der Waals surface area contributed by atoms with E-state index in [1.165, 1.54) is 0 Å². The van der Waals surface area contributed by atoms with Crippen LogP contribution in [0.2, 0.25) is 5.02 Å². The van der Waals surface area contributed by atoms with Crippen LogP contribution in [0.25, 0.3) is 11.2 Å². The van der Waals surface area contributed by atoms with E-state index >= 15 is 0 Å². The van der Waals surface area contributed by atoms with Gasteiger partial charge in [-0.15, -0.1) is 11.6 Å². The van der Waals surface area contributed by atoms with Crippen molar-refractivity contribution in [2.45, 2.75) is 32.7 Å². The van der Waals surface area contributed by atoms with Crippen LogP contribution >= 0.6 is 23.2 Å². The fourth-order valence-corrected chi connectivity index (χ4v) is 2.84. The minimum absolute atomic E-state index is 0.266. The first-order chi connectivity index (χ1) is 9.60. The van der Waals surface area contributed by atoms with Crippen LogP contribution in [0.1, 0.15) is 32.6 Å². The van der Waals surface area contributed by atoms with Crippen LogP contribution in [0.15, 0.2) is 12.3 Å². The average Bonchev–Trinajstić information content (AvgIpc) is 2.81. The van der Waals surface area contributed by atoms with Gasteiger partial charge in [0.25, 0.3) is 0 Å². The van der Waals surface area contributed by atoms with Crippen molar-refractivity contribution in [2.75, 3.05) is 19.6 Å². The van der Waals surface area contributed by atoms with Gasteiger partial charge in [-0.05, 0) is 26.1 Å². The van der Waals surface area contributed by atoms with Crippen molar-refractivity contribution in [3.8, 4) is 0 Å². The number of imidazole rings is 1. The predicted octanol–water partition coefficient (Wildman–Crippen LogP) is 3.73. The van der Waals surface area contributed by atoms with Gasteiger partial charge in [-0.25, -0.2) is 9.97 Å². The number of nitrogens with zero attached hydrogens (tertiary/aromatic N) is 4. The second-order valence-corrected chi connectivity index (χ2v) is 5.57. The standard InChI is InChI=1S/C14H20Cl2N4/c1-4-19(5-2)9-10(3)20-13(7-15)18-12-6-11(16)8-17-14(12)20/h6,8,10H,4-5,7,9H2,1-3H3. The summed E-state index contributed by atoms with van der Waals surface area (Å²) >= 11 is 12.0. The molecule has 1 atom stereocenters. The average molecular weight is 315 g/mol. The fourth-order valence-electron chi connectivity index (χ4n) is 2.50. The molecule has 0 spiro atoms. The molecule has 0 aromatic carbocycles. The summed E-state index contributed by atoms with van der Waals surface area (Å²) < 4.78 is 2.12. The van der Waals surface area contributed by atoms with Gasteiger partial charge in [0, 0.05) is 18.8 Å². The molecule has 2 rings (SSSR count). The van der Waals surface area contributed by atoms with E-state index in [1.54, 1.807) is 6.20 Å². The normalized spacial score (nSPS) is 13.3. The van der Waals surface area contributed by atoms with Crippen LogP contribution in [-0.2, 0) is 5.88 Å². The first-order valence-corrected chi connectivity index (χ1v) is 7.82. The van der Waals surface area contributed by atoms with Gasteiger partial charge in [-0.2, -0.15) is 0 Å². The topological polar surface area (TPSA) is 34.0 Å². The van der Waals surface area contributed by atoms with E-state index in [1.807, 2.05) is 6.07 Å². The van der Waals surface area contributed by atoms with Crippen molar-refractivity contribution in [3.05, 3.63) is 23.1 Å². The first-order valence-electron chi connectivity index (χ1n) is 6.91. The zero-order valence-corrected chi connectivity index (χ0v) is 13.6. The number of hydrogen-bond acceptors (Lipinski definition) is 3. The molecule has 0 radical (unpaired) electrons. The summed E-state index contributed by atoms with van der Waals surface area (Å²) in [6, 6.07) is 2.10. The lowest BCUT2D eigenvalue weighted by atomic mass is 10.3. The van der Waals surface area contributed by atoms with Crippen molar-refractivity contribution in [1.29, 1.82) is 0 Å². The number of likely N-dealkylation sites (N-methyl/N-ethyl adjacent to an activating group) is 1. The molecule has 2 aromatic rings. The Labute approximate surface area is 129 Å². The molecule has 0 aliphatic heterocycles. The summed E-state index contributed by atoms with van der Waals surface area (Å²) in [5.41, 5.74) is 1.66. The molecule has 0 fully saturated rings. The Hall–Kier alpha value is -0.840. The van der Waals surface area contributed by atoms with Crippen LogP contribution in [0.5, 0.6) is 0 Å². The zero-order chi connectivity index (χ0) is 14.7. The number of pyridine rings is 1. The lowest BCUT2D eigenvalue weighted by Gasteiger charge is -2.24. The second-order valence-electron chi connectivity index (χ2n) is 4.86. The van der Waals surface area contributed by atoms with Gasteiger partial charge in [-0.3, -0.25) is 0 Å². The van der Waals surface area contributed by atoms with E-state index < -0.39 is 0 Å². The van der Waals surface area contributed by atoms with Crippen molar-refractivity contribution < 1.29 is 0 Å². The van der Waals surface area contributed by atoms with Gasteiger partial charge in [0.05, 0.1) is 10.9 Å². The third kappa shape index (κ3) is 3.08. The molecule has 0 aliphatic rings. The third-order valence-electron chi connectivity index (χ3n) is 3.55. The van der Waals surface area contributed by atoms with Gasteiger partial charge < -0.3 is 9.47 Å². The Kier molecular flexibility index (Phi) is 5.24. The number of rotatable bonds is 6. The SMILES string of the molecule is CCN(CC)CC(C)n1c(CCl)nc2cc(Cl)cnc21. The highest BCUT2D eigenvalue weighted by molar-refractivity contribution is 6.31. The van der Waals surface area contributed by atoms with E-state index in [4.69, 9.17) is 23.2 Å². The number of fused-ring (bicyclic) bond motifs is 1. The molecule has 20 heavy (non-hydrogen) atoms. The van der Waals surface area contributed by atoms with Gasteiger partial charge in [0.15, 0.2) is 5.65 Å². The highest BCUT2D eigenvalue weighted by Crippen LogP contribution is 2.23. The minimum Gasteiger partial charge on any atom is -0.308 e. The Balaban J connectivity index is 2.41. The lowest BCUT2D eigenvalue weighted by Crippen LogP contribution is -2.30. The third-order valence-corrected chi connectivity index (χ3v) is 3.99. The van der Waals surface area contributed by atoms with Gasteiger partial charge >= 0.3 is 0 Å². The Morgan fingerprint density at radius 3 is 2.65 bits per heavy atom. The summed E-state index contributed by atoms with van der Waals surface area (Å²) in [4.78, 5) is 11.3. The number of alkyl halides is 1. The van der Waals surface area contributed by atoms with Gasteiger partial charge in [-0.1, -0.05) is 25.4 Å². The van der Waals surface area contributed by atoms with Crippen LogP contribution in [0.3, 0.4) is 0 Å². The maximum Gasteiger partial charge on any atom is 0.160 e. The molecule has 0 bridgehead atoms. The number of aromatic nitrogens is 3. The van der Waals surface area contributed by atoms with E-state index in [9.17, 15) is 0 Å². The van der Waals surface area contributed by atoms with Crippen LogP contribution in [0, 0.1) is 0 Å².